The number of rotatable bonds is 6. The van der Waals surface area contributed by atoms with E-state index in [4.69, 9.17) is 4.74 Å². The van der Waals surface area contributed by atoms with Crippen molar-refractivity contribution >= 4 is 33.5 Å². The topological polar surface area (TPSA) is 26.3 Å². The summed E-state index contributed by atoms with van der Waals surface area (Å²) in [5, 5.41) is 0. The minimum absolute atomic E-state index is 0.124. The fraction of sp³-hybridized carbons (Fsp3) is 0.235. The second-order valence-electron chi connectivity index (χ2n) is 4.86. The summed E-state index contributed by atoms with van der Waals surface area (Å²) in [4.78, 5) is 13.2. The van der Waals surface area contributed by atoms with Crippen molar-refractivity contribution in [2.75, 3.05) is 5.75 Å². The Hall–Kier alpha value is -1.26. The molecule has 2 aromatic carbocycles. The van der Waals surface area contributed by atoms with Crippen molar-refractivity contribution in [2.24, 2.45) is 0 Å². The molecule has 0 N–H and O–H groups in total. The molecule has 2 rings (SSSR count). The lowest BCUT2D eigenvalue weighted by atomic mass is 10.1. The Kier molecular flexibility index (Phi) is 5.88. The third kappa shape index (κ3) is 5.21. The summed E-state index contributed by atoms with van der Waals surface area (Å²) in [5.74, 6) is 1.35. The molecule has 0 atom stereocenters. The average Bonchev–Trinajstić information content (AvgIpc) is 2.46. The molecule has 0 unspecified atom stereocenters. The van der Waals surface area contributed by atoms with Crippen LogP contribution in [-0.2, 0) is 0 Å². The molecule has 0 saturated carbocycles. The van der Waals surface area contributed by atoms with E-state index in [9.17, 15) is 4.79 Å². The highest BCUT2D eigenvalue weighted by Gasteiger charge is 2.07. The normalized spacial score (nSPS) is 10.7. The van der Waals surface area contributed by atoms with E-state index >= 15 is 0 Å². The SMILES string of the molecule is CC(C)Oc1ccc(C(=O)CSc2ccc(Br)cc2)cc1. The summed E-state index contributed by atoms with van der Waals surface area (Å²) in [6.45, 7) is 3.96. The lowest BCUT2D eigenvalue weighted by molar-refractivity contribution is 0.102. The fourth-order valence-electron chi connectivity index (χ4n) is 1.75. The van der Waals surface area contributed by atoms with Gasteiger partial charge in [0.1, 0.15) is 5.75 Å². The molecule has 21 heavy (non-hydrogen) atoms. The molecule has 2 aromatic rings. The maximum absolute atomic E-state index is 12.1. The van der Waals surface area contributed by atoms with Crippen molar-refractivity contribution in [3.05, 3.63) is 58.6 Å². The maximum atomic E-state index is 12.1. The Balaban J connectivity index is 1.92. The number of hydrogen-bond donors (Lipinski definition) is 0. The van der Waals surface area contributed by atoms with Crippen molar-refractivity contribution in [3.8, 4) is 5.75 Å². The van der Waals surface area contributed by atoms with Crippen LogP contribution in [0, 0.1) is 0 Å². The molecule has 4 heteroatoms. The molecular formula is C17H17BrO2S. The van der Waals surface area contributed by atoms with Crippen molar-refractivity contribution in [3.63, 3.8) is 0 Å². The van der Waals surface area contributed by atoms with Gasteiger partial charge in [0.25, 0.3) is 0 Å². The van der Waals surface area contributed by atoms with Gasteiger partial charge in [0.15, 0.2) is 5.78 Å². The van der Waals surface area contributed by atoms with Gasteiger partial charge in [-0.1, -0.05) is 15.9 Å². The van der Waals surface area contributed by atoms with Crippen molar-refractivity contribution in [2.45, 2.75) is 24.8 Å². The van der Waals surface area contributed by atoms with Crippen LogP contribution in [0.2, 0.25) is 0 Å². The molecule has 0 fully saturated rings. The second kappa shape index (κ2) is 7.66. The first-order chi connectivity index (χ1) is 10.0. The van der Waals surface area contributed by atoms with Crippen molar-refractivity contribution in [1.29, 1.82) is 0 Å². The number of Topliss-reactive ketones (excluding diaryl/α,β-unsaturated/α-hetero) is 1. The molecular weight excluding hydrogens is 348 g/mol. The number of benzene rings is 2. The number of ketones is 1. The van der Waals surface area contributed by atoms with Gasteiger partial charge in [0.2, 0.25) is 0 Å². The Morgan fingerprint density at radius 3 is 2.29 bits per heavy atom. The van der Waals surface area contributed by atoms with Gasteiger partial charge >= 0.3 is 0 Å². The van der Waals surface area contributed by atoms with E-state index in [0.717, 1.165) is 20.7 Å². The third-order valence-corrected chi connectivity index (χ3v) is 4.27. The minimum Gasteiger partial charge on any atom is -0.491 e. The van der Waals surface area contributed by atoms with E-state index in [0.29, 0.717) is 5.75 Å². The van der Waals surface area contributed by atoms with Gasteiger partial charge in [-0.25, -0.2) is 0 Å². The zero-order valence-corrected chi connectivity index (χ0v) is 14.4. The van der Waals surface area contributed by atoms with Crippen LogP contribution in [0.4, 0.5) is 0 Å². The van der Waals surface area contributed by atoms with Gasteiger partial charge in [0.05, 0.1) is 11.9 Å². The highest BCUT2D eigenvalue weighted by atomic mass is 79.9. The van der Waals surface area contributed by atoms with Gasteiger partial charge in [0, 0.05) is 14.9 Å². The molecule has 0 saturated heterocycles. The molecule has 0 heterocycles. The number of halogens is 1. The summed E-state index contributed by atoms with van der Waals surface area (Å²) in [5.41, 5.74) is 0.718. The zero-order valence-electron chi connectivity index (χ0n) is 12.0. The lowest BCUT2D eigenvalue weighted by Crippen LogP contribution is -2.06. The van der Waals surface area contributed by atoms with Crippen molar-refractivity contribution < 1.29 is 9.53 Å². The maximum Gasteiger partial charge on any atom is 0.173 e. The highest BCUT2D eigenvalue weighted by molar-refractivity contribution is 9.10. The first-order valence-corrected chi connectivity index (χ1v) is 8.51. The standard InChI is InChI=1S/C17H17BrO2S/c1-12(2)20-15-7-3-13(4-8-15)17(19)11-21-16-9-5-14(18)6-10-16/h3-10,12H,11H2,1-2H3. The van der Waals surface area contributed by atoms with Gasteiger partial charge in [-0.3, -0.25) is 4.79 Å². The largest absolute Gasteiger partial charge is 0.491 e. The Bertz CT molecular complexity index is 591. The van der Waals surface area contributed by atoms with E-state index in [1.54, 1.807) is 11.8 Å². The highest BCUT2D eigenvalue weighted by Crippen LogP contribution is 2.22. The fourth-order valence-corrected chi connectivity index (χ4v) is 2.81. The summed E-state index contributed by atoms with van der Waals surface area (Å²) >= 11 is 4.94. The Morgan fingerprint density at radius 1 is 1.10 bits per heavy atom. The average molecular weight is 365 g/mol. The van der Waals surface area contributed by atoms with E-state index in [2.05, 4.69) is 15.9 Å². The van der Waals surface area contributed by atoms with Gasteiger partial charge < -0.3 is 4.74 Å². The number of thioether (sulfide) groups is 1. The minimum atomic E-state index is 0.124. The third-order valence-electron chi connectivity index (χ3n) is 2.73. The Labute approximate surface area is 138 Å². The van der Waals surface area contributed by atoms with Gasteiger partial charge in [-0.15, -0.1) is 11.8 Å². The molecule has 0 aromatic heterocycles. The van der Waals surface area contributed by atoms with E-state index in [1.807, 2.05) is 62.4 Å². The molecule has 0 aliphatic heterocycles. The van der Waals surface area contributed by atoms with E-state index < -0.39 is 0 Å². The first kappa shape index (κ1) is 16.1. The summed E-state index contributed by atoms with van der Waals surface area (Å²) in [6.07, 6.45) is 0.138. The van der Waals surface area contributed by atoms with E-state index in [-0.39, 0.29) is 11.9 Å². The summed E-state index contributed by atoms with van der Waals surface area (Å²) in [7, 11) is 0. The Morgan fingerprint density at radius 2 is 1.71 bits per heavy atom. The van der Waals surface area contributed by atoms with Crippen LogP contribution in [0.3, 0.4) is 0 Å². The molecule has 2 nitrogen and oxygen atoms in total. The molecule has 0 aliphatic rings. The molecule has 0 aliphatic carbocycles. The molecule has 110 valence electrons. The number of carbonyl (C=O) groups excluding carboxylic acids is 1. The molecule has 0 spiro atoms. The monoisotopic (exact) mass is 364 g/mol. The predicted molar refractivity (Wildman–Crippen MR) is 91.4 cm³/mol. The van der Waals surface area contributed by atoms with Crippen LogP contribution in [0.25, 0.3) is 0 Å². The van der Waals surface area contributed by atoms with Crippen LogP contribution in [0.5, 0.6) is 5.75 Å². The van der Waals surface area contributed by atoms with E-state index in [1.165, 1.54) is 0 Å². The molecule has 0 radical (unpaired) electrons. The number of hydrogen-bond acceptors (Lipinski definition) is 3. The number of carbonyl (C=O) groups is 1. The van der Waals surface area contributed by atoms with Gasteiger partial charge in [-0.05, 0) is 62.4 Å². The predicted octanol–water partition coefficient (Wildman–Crippen LogP) is 5.21. The quantitative estimate of drug-likeness (QED) is 0.519. The van der Waals surface area contributed by atoms with Crippen LogP contribution in [0.1, 0.15) is 24.2 Å². The second-order valence-corrected chi connectivity index (χ2v) is 6.82. The zero-order chi connectivity index (χ0) is 15.2. The molecule has 0 bridgehead atoms. The smallest absolute Gasteiger partial charge is 0.173 e. The van der Waals surface area contributed by atoms with Crippen LogP contribution < -0.4 is 4.74 Å². The van der Waals surface area contributed by atoms with Gasteiger partial charge in [-0.2, -0.15) is 0 Å². The number of ether oxygens (including phenoxy) is 1. The first-order valence-electron chi connectivity index (χ1n) is 6.73. The van der Waals surface area contributed by atoms with Crippen LogP contribution in [-0.4, -0.2) is 17.6 Å². The van der Waals surface area contributed by atoms with Crippen molar-refractivity contribution in [1.82, 2.24) is 0 Å². The lowest BCUT2D eigenvalue weighted by Gasteiger charge is -2.09. The van der Waals surface area contributed by atoms with Crippen LogP contribution in [0.15, 0.2) is 57.9 Å². The summed E-state index contributed by atoms with van der Waals surface area (Å²) < 4.78 is 6.61. The van der Waals surface area contributed by atoms with Crippen LogP contribution >= 0.6 is 27.7 Å². The molecule has 0 amide bonds. The summed E-state index contributed by atoms with van der Waals surface area (Å²) in [6, 6.07) is 15.3.